The molecule has 0 radical (unpaired) electrons. The highest BCUT2D eigenvalue weighted by Crippen LogP contribution is 2.34. The minimum atomic E-state index is -1.10. The van der Waals surface area contributed by atoms with Gasteiger partial charge in [0, 0.05) is 5.54 Å². The highest BCUT2D eigenvalue weighted by molar-refractivity contribution is 5.86. The van der Waals surface area contributed by atoms with Crippen molar-refractivity contribution in [2.24, 2.45) is 5.92 Å². The first kappa shape index (κ1) is 17.8. The van der Waals surface area contributed by atoms with Crippen molar-refractivity contribution in [3.63, 3.8) is 0 Å². The molecule has 122 valence electrons. The van der Waals surface area contributed by atoms with Gasteiger partial charge >= 0.3 is 12.0 Å². The number of carbonyl (C=O) groups excluding carboxylic acids is 1. The first-order chi connectivity index (χ1) is 9.80. The fraction of sp³-hybridized carbons (Fsp3) is 0.875. The molecule has 0 aromatic carbocycles. The molecule has 21 heavy (non-hydrogen) atoms. The quantitative estimate of drug-likeness (QED) is 0.704. The minimum absolute atomic E-state index is 0.287. The van der Waals surface area contributed by atoms with E-state index >= 15 is 0 Å². The zero-order valence-corrected chi connectivity index (χ0v) is 13.8. The molecule has 5 heteroatoms. The van der Waals surface area contributed by atoms with Crippen molar-refractivity contribution in [3.05, 3.63) is 0 Å². The molecule has 1 fully saturated rings. The Labute approximate surface area is 127 Å². The fourth-order valence-electron chi connectivity index (χ4n) is 2.92. The highest BCUT2D eigenvalue weighted by atomic mass is 16.4. The summed E-state index contributed by atoms with van der Waals surface area (Å²) in [6.45, 7) is 8.15. The Balaban J connectivity index is 2.72. The predicted octanol–water partition coefficient (Wildman–Crippen LogP) is 3.29. The number of urea groups is 1. The van der Waals surface area contributed by atoms with Gasteiger partial charge in [-0.25, -0.2) is 9.59 Å². The van der Waals surface area contributed by atoms with Crippen LogP contribution in [0.25, 0.3) is 0 Å². The summed E-state index contributed by atoms with van der Waals surface area (Å²) in [6.07, 6.45) is 5.46. The smallest absolute Gasteiger partial charge is 0.329 e. The molecule has 1 aliphatic carbocycles. The van der Waals surface area contributed by atoms with E-state index in [0.29, 0.717) is 18.8 Å². The molecule has 0 aromatic heterocycles. The van der Waals surface area contributed by atoms with Gasteiger partial charge in [0.2, 0.25) is 0 Å². The Morgan fingerprint density at radius 3 is 2.10 bits per heavy atom. The standard InChI is InChI=1S/C16H30N2O3/c1-5-12-8-10-16(11-9-12,13(19)20)18-14(21)17-15(4,6-2)7-3/h12H,5-11H2,1-4H3,(H,19,20)(H2,17,18,21). The summed E-state index contributed by atoms with van der Waals surface area (Å²) in [4.78, 5) is 23.9. The second-order valence-electron chi connectivity index (χ2n) is 6.59. The molecule has 3 N–H and O–H groups in total. The van der Waals surface area contributed by atoms with Crippen LogP contribution in [0.3, 0.4) is 0 Å². The third kappa shape index (κ3) is 4.35. The van der Waals surface area contributed by atoms with E-state index in [1.54, 1.807) is 0 Å². The molecule has 1 saturated carbocycles. The van der Waals surface area contributed by atoms with E-state index in [4.69, 9.17) is 0 Å². The number of hydrogen-bond donors (Lipinski definition) is 3. The Morgan fingerprint density at radius 2 is 1.71 bits per heavy atom. The van der Waals surface area contributed by atoms with Gasteiger partial charge in [-0.05, 0) is 51.4 Å². The van der Waals surface area contributed by atoms with Crippen LogP contribution < -0.4 is 10.6 Å². The maximum Gasteiger partial charge on any atom is 0.329 e. The number of carbonyl (C=O) groups is 2. The van der Waals surface area contributed by atoms with Crippen LogP contribution in [0.5, 0.6) is 0 Å². The second kappa shape index (κ2) is 7.14. The van der Waals surface area contributed by atoms with Gasteiger partial charge in [0.25, 0.3) is 0 Å². The average Bonchev–Trinajstić information content (AvgIpc) is 2.47. The van der Waals surface area contributed by atoms with E-state index in [1.807, 2.05) is 20.8 Å². The van der Waals surface area contributed by atoms with Crippen molar-refractivity contribution in [2.75, 3.05) is 0 Å². The number of nitrogens with one attached hydrogen (secondary N) is 2. The molecule has 1 rings (SSSR count). The molecule has 0 aromatic rings. The number of carboxylic acid groups (broad SMARTS) is 1. The lowest BCUT2D eigenvalue weighted by molar-refractivity contribution is -0.146. The molecule has 0 atom stereocenters. The van der Waals surface area contributed by atoms with Crippen LogP contribution in [0, 0.1) is 5.92 Å². The van der Waals surface area contributed by atoms with Crippen LogP contribution in [0.1, 0.15) is 72.6 Å². The normalized spacial score (nSPS) is 26.2. The molecule has 0 spiro atoms. The van der Waals surface area contributed by atoms with Crippen molar-refractivity contribution < 1.29 is 14.7 Å². The largest absolute Gasteiger partial charge is 0.480 e. The van der Waals surface area contributed by atoms with Gasteiger partial charge in [-0.2, -0.15) is 0 Å². The second-order valence-corrected chi connectivity index (χ2v) is 6.59. The summed E-state index contributed by atoms with van der Waals surface area (Å²) in [5, 5.41) is 15.2. The number of amides is 2. The Morgan fingerprint density at radius 1 is 1.19 bits per heavy atom. The Bertz CT molecular complexity index is 370. The lowest BCUT2D eigenvalue weighted by Gasteiger charge is -2.38. The van der Waals surface area contributed by atoms with Crippen LogP contribution in [-0.2, 0) is 4.79 Å². The van der Waals surface area contributed by atoms with Crippen LogP contribution in [0.4, 0.5) is 4.79 Å². The van der Waals surface area contributed by atoms with E-state index in [1.165, 1.54) is 0 Å². The van der Waals surface area contributed by atoms with E-state index in [0.717, 1.165) is 32.1 Å². The zero-order valence-electron chi connectivity index (χ0n) is 13.8. The van der Waals surface area contributed by atoms with Gasteiger partial charge in [0.05, 0.1) is 0 Å². The molecule has 1 aliphatic rings. The number of carboxylic acids is 1. The average molecular weight is 298 g/mol. The molecule has 0 heterocycles. The van der Waals surface area contributed by atoms with Crippen LogP contribution >= 0.6 is 0 Å². The maximum absolute atomic E-state index is 12.2. The Kier molecular flexibility index (Phi) is 6.05. The van der Waals surface area contributed by atoms with E-state index in [2.05, 4.69) is 17.6 Å². The number of rotatable bonds is 6. The summed E-state index contributed by atoms with van der Waals surface area (Å²) >= 11 is 0. The van der Waals surface area contributed by atoms with Crippen molar-refractivity contribution in [1.82, 2.24) is 10.6 Å². The van der Waals surface area contributed by atoms with Gasteiger partial charge in [0.15, 0.2) is 0 Å². The molecular formula is C16H30N2O3. The monoisotopic (exact) mass is 298 g/mol. The Hall–Kier alpha value is -1.26. The zero-order chi connectivity index (χ0) is 16.1. The summed E-state index contributed by atoms with van der Waals surface area (Å²) in [5.74, 6) is -0.333. The first-order valence-electron chi connectivity index (χ1n) is 8.14. The topological polar surface area (TPSA) is 78.4 Å². The molecule has 0 bridgehead atoms. The number of hydrogen-bond acceptors (Lipinski definition) is 2. The van der Waals surface area contributed by atoms with E-state index in [9.17, 15) is 14.7 Å². The summed E-state index contributed by atoms with van der Waals surface area (Å²) in [6, 6.07) is -0.362. The van der Waals surface area contributed by atoms with Gasteiger partial charge in [-0.1, -0.05) is 27.2 Å². The highest BCUT2D eigenvalue weighted by Gasteiger charge is 2.43. The van der Waals surface area contributed by atoms with Crippen molar-refractivity contribution in [2.45, 2.75) is 83.7 Å². The van der Waals surface area contributed by atoms with Gasteiger partial charge < -0.3 is 15.7 Å². The fourth-order valence-corrected chi connectivity index (χ4v) is 2.92. The van der Waals surface area contributed by atoms with Gasteiger partial charge in [-0.15, -0.1) is 0 Å². The maximum atomic E-state index is 12.2. The summed E-state index contributed by atoms with van der Waals surface area (Å²) in [7, 11) is 0. The third-order valence-corrected chi connectivity index (χ3v) is 5.27. The van der Waals surface area contributed by atoms with E-state index < -0.39 is 11.5 Å². The summed E-state index contributed by atoms with van der Waals surface area (Å²) in [5.41, 5.74) is -1.39. The van der Waals surface area contributed by atoms with E-state index in [-0.39, 0.29) is 11.6 Å². The van der Waals surface area contributed by atoms with Crippen LogP contribution in [0.2, 0.25) is 0 Å². The minimum Gasteiger partial charge on any atom is -0.480 e. The first-order valence-corrected chi connectivity index (χ1v) is 8.14. The molecule has 2 amide bonds. The lowest BCUT2D eigenvalue weighted by atomic mass is 9.75. The third-order valence-electron chi connectivity index (χ3n) is 5.27. The lowest BCUT2D eigenvalue weighted by Crippen LogP contribution is -2.61. The SMILES string of the molecule is CCC1CCC(NC(=O)NC(C)(CC)CC)(C(=O)O)CC1. The molecule has 0 aliphatic heterocycles. The van der Waals surface area contributed by atoms with Crippen LogP contribution in [0.15, 0.2) is 0 Å². The van der Waals surface area contributed by atoms with Gasteiger partial charge in [0.1, 0.15) is 5.54 Å². The van der Waals surface area contributed by atoms with Crippen LogP contribution in [-0.4, -0.2) is 28.2 Å². The predicted molar refractivity (Wildman–Crippen MR) is 83.3 cm³/mol. The summed E-state index contributed by atoms with van der Waals surface area (Å²) < 4.78 is 0. The molecular weight excluding hydrogens is 268 g/mol. The number of aliphatic carboxylic acids is 1. The molecule has 0 saturated heterocycles. The van der Waals surface area contributed by atoms with Crippen molar-refractivity contribution >= 4 is 12.0 Å². The molecule has 0 unspecified atom stereocenters. The molecule has 5 nitrogen and oxygen atoms in total. The van der Waals surface area contributed by atoms with Crippen molar-refractivity contribution in [1.29, 1.82) is 0 Å². The van der Waals surface area contributed by atoms with Gasteiger partial charge in [-0.3, -0.25) is 0 Å². The van der Waals surface area contributed by atoms with Crippen molar-refractivity contribution in [3.8, 4) is 0 Å².